The van der Waals surface area contributed by atoms with Crippen molar-refractivity contribution in [2.75, 3.05) is 17.2 Å². The lowest BCUT2D eigenvalue weighted by atomic mass is 9.90. The van der Waals surface area contributed by atoms with Crippen molar-refractivity contribution >= 4 is 23.1 Å². The van der Waals surface area contributed by atoms with Crippen molar-refractivity contribution in [1.29, 1.82) is 0 Å². The van der Waals surface area contributed by atoms with Gasteiger partial charge in [0.25, 0.3) is 5.91 Å². The van der Waals surface area contributed by atoms with Gasteiger partial charge in [0.15, 0.2) is 0 Å². The third-order valence-electron chi connectivity index (χ3n) is 5.23. The van der Waals surface area contributed by atoms with E-state index in [0.29, 0.717) is 12.1 Å². The summed E-state index contributed by atoms with van der Waals surface area (Å²) in [5.74, 6) is 0.685. The molecule has 1 amide bonds. The van der Waals surface area contributed by atoms with Crippen molar-refractivity contribution in [2.45, 2.75) is 44.2 Å². The van der Waals surface area contributed by atoms with E-state index < -0.39 is 0 Å². The molecule has 1 aromatic carbocycles. The molecule has 1 aliphatic heterocycles. The lowest BCUT2D eigenvalue weighted by Gasteiger charge is -2.31. The summed E-state index contributed by atoms with van der Waals surface area (Å²) in [5, 5.41) is 9.85. The number of hydrogen-bond acceptors (Lipinski definition) is 5. The Kier molecular flexibility index (Phi) is 4.75. The fraction of sp³-hybridized carbons (Fsp3) is 0.400. The average molecular weight is 351 g/mol. The molecule has 0 bridgehead atoms. The normalized spacial score (nSPS) is 22.3. The minimum Gasteiger partial charge on any atom is -0.381 e. The first-order valence-corrected chi connectivity index (χ1v) is 9.36. The van der Waals surface area contributed by atoms with E-state index in [9.17, 15) is 4.79 Å². The van der Waals surface area contributed by atoms with Crippen molar-refractivity contribution in [2.24, 2.45) is 5.73 Å². The van der Waals surface area contributed by atoms with Crippen LogP contribution >= 0.6 is 0 Å². The first-order valence-electron chi connectivity index (χ1n) is 9.36. The van der Waals surface area contributed by atoms with E-state index in [-0.39, 0.29) is 18.0 Å². The number of anilines is 3. The van der Waals surface area contributed by atoms with Gasteiger partial charge in [-0.15, -0.1) is 0 Å². The van der Waals surface area contributed by atoms with Crippen molar-refractivity contribution in [3.8, 4) is 0 Å². The maximum atomic E-state index is 12.4. The molecule has 136 valence electrons. The molecule has 2 aliphatic rings. The second-order valence-electron chi connectivity index (χ2n) is 7.10. The quantitative estimate of drug-likeness (QED) is 0.680. The lowest BCUT2D eigenvalue weighted by molar-refractivity contribution is 0.0947. The van der Waals surface area contributed by atoms with Crippen LogP contribution in [-0.2, 0) is 6.42 Å². The van der Waals surface area contributed by atoms with Crippen LogP contribution in [0.3, 0.4) is 0 Å². The third-order valence-corrected chi connectivity index (χ3v) is 5.23. The summed E-state index contributed by atoms with van der Waals surface area (Å²) in [6.07, 6.45) is 7.11. The Morgan fingerprint density at radius 3 is 2.88 bits per heavy atom. The number of nitrogens with two attached hydrogens (primary N) is 1. The molecule has 1 fully saturated rings. The second-order valence-corrected chi connectivity index (χ2v) is 7.10. The Morgan fingerprint density at radius 2 is 2.08 bits per heavy atom. The van der Waals surface area contributed by atoms with Gasteiger partial charge < -0.3 is 21.7 Å². The Balaban J connectivity index is 1.67. The van der Waals surface area contributed by atoms with E-state index in [1.807, 2.05) is 24.3 Å². The summed E-state index contributed by atoms with van der Waals surface area (Å²) in [6.45, 7) is 0.668. The van der Waals surface area contributed by atoms with Crippen LogP contribution in [0.4, 0.5) is 17.2 Å². The maximum absolute atomic E-state index is 12.4. The Hall–Kier alpha value is -2.60. The van der Waals surface area contributed by atoms with E-state index in [1.165, 1.54) is 12.8 Å². The van der Waals surface area contributed by atoms with Gasteiger partial charge in [-0.3, -0.25) is 4.79 Å². The van der Waals surface area contributed by atoms with Crippen molar-refractivity contribution in [1.82, 2.24) is 10.3 Å². The van der Waals surface area contributed by atoms with Gasteiger partial charge in [-0.2, -0.15) is 0 Å². The fourth-order valence-electron chi connectivity index (χ4n) is 3.88. The predicted octanol–water partition coefficient (Wildman–Crippen LogP) is 2.79. The van der Waals surface area contributed by atoms with Gasteiger partial charge in [0.1, 0.15) is 5.82 Å². The molecule has 1 aliphatic carbocycles. The minimum atomic E-state index is -0.0365. The second kappa shape index (κ2) is 7.33. The van der Waals surface area contributed by atoms with Crippen LogP contribution in [0.5, 0.6) is 0 Å². The molecule has 1 saturated carbocycles. The minimum absolute atomic E-state index is 0.0365. The van der Waals surface area contributed by atoms with Crippen LogP contribution in [0, 0.1) is 0 Å². The molecule has 6 heteroatoms. The van der Waals surface area contributed by atoms with Crippen LogP contribution in [0.2, 0.25) is 0 Å². The summed E-state index contributed by atoms with van der Waals surface area (Å²) >= 11 is 0. The van der Waals surface area contributed by atoms with Crippen LogP contribution in [0.15, 0.2) is 36.5 Å². The highest BCUT2D eigenvalue weighted by Gasteiger charge is 2.25. The Morgan fingerprint density at radius 1 is 1.19 bits per heavy atom. The number of carbonyl (C=O) groups excluding carboxylic acids is 1. The fourth-order valence-corrected chi connectivity index (χ4v) is 3.88. The number of amides is 1. The molecule has 2 atom stereocenters. The number of nitrogens with one attached hydrogen (secondary N) is 3. The summed E-state index contributed by atoms with van der Waals surface area (Å²) in [6, 6.07) is 10.2. The van der Waals surface area contributed by atoms with Gasteiger partial charge >= 0.3 is 0 Å². The summed E-state index contributed by atoms with van der Waals surface area (Å²) in [5.41, 5.74) is 9.86. The first-order chi connectivity index (χ1) is 12.7. The van der Waals surface area contributed by atoms with Crippen LogP contribution in [0.25, 0.3) is 0 Å². The molecule has 6 nitrogen and oxygen atoms in total. The number of rotatable bonds is 4. The zero-order valence-corrected chi connectivity index (χ0v) is 14.8. The number of carbonyl (C=O) groups is 1. The Labute approximate surface area is 153 Å². The SMILES string of the molecule is NC1CCCCC1Nc1cc2c(c(Nc3ccccn3)c1)C(=O)NCC2. The van der Waals surface area contributed by atoms with Crippen molar-refractivity contribution in [3.63, 3.8) is 0 Å². The maximum Gasteiger partial charge on any atom is 0.253 e. The molecule has 0 radical (unpaired) electrons. The van der Waals surface area contributed by atoms with Crippen LogP contribution in [0.1, 0.15) is 41.6 Å². The third kappa shape index (κ3) is 3.51. The highest BCUT2D eigenvalue weighted by molar-refractivity contribution is 6.03. The van der Waals surface area contributed by atoms with E-state index in [0.717, 1.165) is 42.0 Å². The summed E-state index contributed by atoms with van der Waals surface area (Å²) in [4.78, 5) is 16.8. The standard InChI is InChI=1S/C20H25N5O/c21-15-5-1-2-6-16(15)24-14-11-13-8-10-23-20(26)19(13)17(12-14)25-18-7-3-4-9-22-18/h3-4,7,9,11-12,15-16,24H,1-2,5-6,8,10,21H2,(H,22,25)(H,23,26). The molecular weight excluding hydrogens is 326 g/mol. The lowest BCUT2D eigenvalue weighted by Crippen LogP contribution is -2.42. The van der Waals surface area contributed by atoms with Gasteiger partial charge in [-0.1, -0.05) is 18.9 Å². The van der Waals surface area contributed by atoms with E-state index >= 15 is 0 Å². The van der Waals surface area contributed by atoms with Crippen molar-refractivity contribution in [3.05, 3.63) is 47.7 Å². The van der Waals surface area contributed by atoms with Gasteiger partial charge in [0, 0.05) is 30.5 Å². The number of nitrogens with zero attached hydrogens (tertiary/aromatic N) is 1. The average Bonchev–Trinajstić information content (AvgIpc) is 2.64. The molecule has 0 spiro atoms. The number of fused-ring (bicyclic) bond motifs is 1. The summed E-state index contributed by atoms with van der Waals surface area (Å²) in [7, 11) is 0. The predicted molar refractivity (Wildman–Crippen MR) is 104 cm³/mol. The zero-order chi connectivity index (χ0) is 17.9. The highest BCUT2D eigenvalue weighted by Crippen LogP contribution is 2.31. The summed E-state index contributed by atoms with van der Waals surface area (Å²) < 4.78 is 0. The van der Waals surface area contributed by atoms with Gasteiger partial charge in [0.2, 0.25) is 0 Å². The van der Waals surface area contributed by atoms with E-state index in [1.54, 1.807) is 6.20 Å². The van der Waals surface area contributed by atoms with Crippen LogP contribution < -0.4 is 21.7 Å². The van der Waals surface area contributed by atoms with E-state index in [2.05, 4.69) is 27.0 Å². The number of pyridine rings is 1. The molecule has 2 unspecified atom stereocenters. The number of hydrogen-bond donors (Lipinski definition) is 4. The Bertz CT molecular complexity index is 792. The molecule has 2 aromatic rings. The zero-order valence-electron chi connectivity index (χ0n) is 14.8. The number of benzene rings is 1. The molecule has 4 rings (SSSR count). The van der Waals surface area contributed by atoms with Crippen LogP contribution in [-0.4, -0.2) is 29.5 Å². The molecule has 2 heterocycles. The molecule has 5 N–H and O–H groups in total. The molecule has 26 heavy (non-hydrogen) atoms. The number of aromatic nitrogens is 1. The molecule has 0 saturated heterocycles. The molecular formula is C20H25N5O. The first kappa shape index (κ1) is 16.8. The smallest absolute Gasteiger partial charge is 0.253 e. The topological polar surface area (TPSA) is 92.1 Å². The largest absolute Gasteiger partial charge is 0.381 e. The van der Waals surface area contributed by atoms with Gasteiger partial charge in [-0.25, -0.2) is 4.98 Å². The monoisotopic (exact) mass is 351 g/mol. The van der Waals surface area contributed by atoms with Gasteiger partial charge in [-0.05, 0) is 49.1 Å². The highest BCUT2D eigenvalue weighted by atomic mass is 16.1. The van der Waals surface area contributed by atoms with Gasteiger partial charge in [0.05, 0.1) is 11.3 Å². The van der Waals surface area contributed by atoms with E-state index in [4.69, 9.17) is 5.73 Å². The van der Waals surface area contributed by atoms with Crippen molar-refractivity contribution < 1.29 is 4.79 Å². The molecule has 1 aromatic heterocycles.